The van der Waals surface area contributed by atoms with E-state index in [-0.39, 0.29) is 23.2 Å². The van der Waals surface area contributed by atoms with Crippen LogP contribution in [0.25, 0.3) is 11.4 Å². The number of rotatable bonds is 4. The second-order valence-corrected chi connectivity index (χ2v) is 6.60. The highest BCUT2D eigenvalue weighted by atomic mass is 19.1. The third-order valence-electron chi connectivity index (χ3n) is 4.60. The van der Waals surface area contributed by atoms with Crippen LogP contribution in [0.4, 0.5) is 21.7 Å². The van der Waals surface area contributed by atoms with Crippen molar-refractivity contribution in [3.05, 3.63) is 60.2 Å². The number of piperazine rings is 1. The van der Waals surface area contributed by atoms with Gasteiger partial charge in [-0.1, -0.05) is 0 Å². The monoisotopic (exact) mass is 393 g/mol. The van der Waals surface area contributed by atoms with Gasteiger partial charge in [0.1, 0.15) is 11.6 Å². The number of benzene rings is 1. The Morgan fingerprint density at radius 1 is 1.07 bits per heavy atom. The van der Waals surface area contributed by atoms with Gasteiger partial charge in [-0.15, -0.1) is 0 Å². The molecule has 1 aromatic carbocycles. The highest BCUT2D eigenvalue weighted by Crippen LogP contribution is 2.22. The molecule has 29 heavy (non-hydrogen) atoms. The summed E-state index contributed by atoms with van der Waals surface area (Å²) in [7, 11) is 0. The number of amides is 1. The smallest absolute Gasteiger partial charge is 0.258 e. The summed E-state index contributed by atoms with van der Waals surface area (Å²) in [6, 6.07) is 9.31. The van der Waals surface area contributed by atoms with Gasteiger partial charge in [0.15, 0.2) is 11.6 Å². The number of hydrogen-bond acceptors (Lipinski definition) is 7. The quantitative estimate of drug-likeness (QED) is 0.621. The van der Waals surface area contributed by atoms with Crippen LogP contribution in [0.1, 0.15) is 10.4 Å². The number of carbonyl (C=O) groups is 1. The third kappa shape index (κ3) is 4.30. The standard InChI is InChI=1S/C20H20FN7O/c21-15-4-1-13(2-5-15)18-25-12-16(22)19(26-18)27-20(29)14-3-6-17(24-11-14)28-9-7-23-8-10-28/h1-6,11-12,23H,7-10,22H2,(H,25,26,27,29). The van der Waals surface area contributed by atoms with E-state index in [1.54, 1.807) is 18.2 Å². The van der Waals surface area contributed by atoms with E-state index in [2.05, 4.69) is 30.5 Å². The number of nitrogens with zero attached hydrogens (tertiary/aromatic N) is 4. The molecule has 0 aliphatic carbocycles. The van der Waals surface area contributed by atoms with Gasteiger partial charge in [-0.05, 0) is 36.4 Å². The summed E-state index contributed by atoms with van der Waals surface area (Å²) >= 11 is 0. The molecule has 0 bridgehead atoms. The first-order valence-corrected chi connectivity index (χ1v) is 9.22. The van der Waals surface area contributed by atoms with Crippen molar-refractivity contribution in [1.29, 1.82) is 0 Å². The summed E-state index contributed by atoms with van der Waals surface area (Å²) < 4.78 is 13.1. The van der Waals surface area contributed by atoms with E-state index in [1.165, 1.54) is 24.5 Å². The predicted molar refractivity (Wildman–Crippen MR) is 109 cm³/mol. The van der Waals surface area contributed by atoms with E-state index in [4.69, 9.17) is 5.73 Å². The molecule has 4 N–H and O–H groups in total. The fraction of sp³-hybridized carbons (Fsp3) is 0.200. The van der Waals surface area contributed by atoms with Crippen LogP contribution in [0.2, 0.25) is 0 Å². The lowest BCUT2D eigenvalue weighted by atomic mass is 10.2. The maximum Gasteiger partial charge on any atom is 0.258 e. The first kappa shape index (κ1) is 18.8. The van der Waals surface area contributed by atoms with Crippen molar-refractivity contribution in [1.82, 2.24) is 20.3 Å². The largest absolute Gasteiger partial charge is 0.394 e. The van der Waals surface area contributed by atoms with E-state index in [0.717, 1.165) is 32.0 Å². The van der Waals surface area contributed by atoms with Gasteiger partial charge < -0.3 is 21.3 Å². The molecule has 0 radical (unpaired) electrons. The van der Waals surface area contributed by atoms with Crippen molar-refractivity contribution in [2.24, 2.45) is 0 Å². The Morgan fingerprint density at radius 3 is 2.52 bits per heavy atom. The Kier molecular flexibility index (Phi) is 5.30. The number of carbonyl (C=O) groups excluding carboxylic acids is 1. The molecule has 0 atom stereocenters. The summed E-state index contributed by atoms with van der Waals surface area (Å²) in [5, 5.41) is 5.98. The zero-order valence-electron chi connectivity index (χ0n) is 15.6. The summed E-state index contributed by atoms with van der Waals surface area (Å²) in [5.41, 5.74) is 7.15. The van der Waals surface area contributed by atoms with Crippen LogP contribution in [0.15, 0.2) is 48.8 Å². The first-order valence-electron chi connectivity index (χ1n) is 9.22. The molecule has 1 amide bonds. The fourth-order valence-corrected chi connectivity index (χ4v) is 3.01. The van der Waals surface area contributed by atoms with Crippen LogP contribution < -0.4 is 21.3 Å². The van der Waals surface area contributed by atoms with Crippen LogP contribution >= 0.6 is 0 Å². The molecule has 0 unspecified atom stereocenters. The minimum atomic E-state index is -0.375. The van der Waals surface area contributed by atoms with Crippen LogP contribution in [0.3, 0.4) is 0 Å². The number of nitrogen functional groups attached to an aromatic ring is 1. The topological polar surface area (TPSA) is 109 Å². The number of halogens is 1. The number of hydrogen-bond donors (Lipinski definition) is 3. The van der Waals surface area contributed by atoms with E-state index in [0.29, 0.717) is 17.0 Å². The van der Waals surface area contributed by atoms with Crippen molar-refractivity contribution in [2.45, 2.75) is 0 Å². The average Bonchev–Trinajstić information content (AvgIpc) is 2.76. The number of aromatic nitrogens is 3. The lowest BCUT2D eigenvalue weighted by Gasteiger charge is -2.28. The van der Waals surface area contributed by atoms with Gasteiger partial charge in [-0.2, -0.15) is 0 Å². The lowest BCUT2D eigenvalue weighted by Crippen LogP contribution is -2.43. The molecular formula is C20H20FN7O. The van der Waals surface area contributed by atoms with Gasteiger partial charge in [0.25, 0.3) is 5.91 Å². The second kappa shape index (κ2) is 8.19. The molecule has 3 heterocycles. The lowest BCUT2D eigenvalue weighted by molar-refractivity contribution is 0.102. The first-order chi connectivity index (χ1) is 14.1. The number of nitrogens with one attached hydrogen (secondary N) is 2. The Labute approximate surface area is 167 Å². The molecule has 1 fully saturated rings. The molecule has 4 rings (SSSR count). The van der Waals surface area contributed by atoms with Crippen LogP contribution in [0.5, 0.6) is 0 Å². The van der Waals surface area contributed by atoms with E-state index in [9.17, 15) is 9.18 Å². The molecule has 1 saturated heterocycles. The van der Waals surface area contributed by atoms with Crippen LogP contribution in [-0.2, 0) is 0 Å². The van der Waals surface area contributed by atoms with Gasteiger partial charge in [0.05, 0.1) is 17.4 Å². The number of pyridine rings is 1. The Bertz CT molecular complexity index is 1000. The molecule has 1 aliphatic rings. The molecule has 1 aliphatic heterocycles. The van der Waals surface area contributed by atoms with Gasteiger partial charge in [-0.3, -0.25) is 4.79 Å². The molecular weight excluding hydrogens is 373 g/mol. The SMILES string of the molecule is Nc1cnc(-c2ccc(F)cc2)nc1NC(=O)c1ccc(N2CCNCC2)nc1. The highest BCUT2D eigenvalue weighted by Gasteiger charge is 2.15. The molecule has 148 valence electrons. The van der Waals surface area contributed by atoms with E-state index >= 15 is 0 Å². The van der Waals surface area contributed by atoms with Crippen molar-refractivity contribution in [2.75, 3.05) is 42.1 Å². The minimum absolute atomic E-state index is 0.190. The minimum Gasteiger partial charge on any atom is -0.394 e. The summed E-state index contributed by atoms with van der Waals surface area (Å²) in [4.78, 5) is 27.6. The van der Waals surface area contributed by atoms with Crippen molar-refractivity contribution in [3.63, 3.8) is 0 Å². The van der Waals surface area contributed by atoms with Gasteiger partial charge in [-0.25, -0.2) is 19.3 Å². The van der Waals surface area contributed by atoms with Crippen molar-refractivity contribution in [3.8, 4) is 11.4 Å². The zero-order chi connectivity index (χ0) is 20.2. The zero-order valence-corrected chi connectivity index (χ0v) is 15.6. The number of nitrogens with two attached hydrogens (primary N) is 1. The third-order valence-corrected chi connectivity index (χ3v) is 4.60. The molecule has 2 aromatic heterocycles. The molecule has 0 saturated carbocycles. The van der Waals surface area contributed by atoms with Gasteiger partial charge in [0.2, 0.25) is 0 Å². The Morgan fingerprint density at radius 2 is 1.83 bits per heavy atom. The Balaban J connectivity index is 1.50. The predicted octanol–water partition coefficient (Wildman–Crippen LogP) is 1.92. The Hall–Kier alpha value is -3.59. The average molecular weight is 393 g/mol. The normalized spacial score (nSPS) is 13.9. The van der Waals surface area contributed by atoms with Gasteiger partial charge >= 0.3 is 0 Å². The van der Waals surface area contributed by atoms with E-state index in [1.807, 2.05) is 6.07 Å². The summed E-state index contributed by atoms with van der Waals surface area (Å²) in [6.07, 6.45) is 2.94. The van der Waals surface area contributed by atoms with E-state index < -0.39 is 0 Å². The van der Waals surface area contributed by atoms with Crippen LogP contribution in [-0.4, -0.2) is 47.0 Å². The van der Waals surface area contributed by atoms with Crippen molar-refractivity contribution >= 4 is 23.2 Å². The second-order valence-electron chi connectivity index (χ2n) is 6.60. The molecule has 0 spiro atoms. The summed E-state index contributed by atoms with van der Waals surface area (Å²) in [5.74, 6) is 0.634. The fourth-order valence-electron chi connectivity index (χ4n) is 3.01. The molecule has 3 aromatic rings. The maximum atomic E-state index is 13.1. The van der Waals surface area contributed by atoms with Crippen LogP contribution in [0, 0.1) is 5.82 Å². The molecule has 9 heteroatoms. The van der Waals surface area contributed by atoms with Gasteiger partial charge in [0, 0.05) is 37.9 Å². The van der Waals surface area contributed by atoms with Crippen molar-refractivity contribution < 1.29 is 9.18 Å². The summed E-state index contributed by atoms with van der Waals surface area (Å²) in [6.45, 7) is 3.57. The maximum absolute atomic E-state index is 13.1. The number of anilines is 3. The highest BCUT2D eigenvalue weighted by molar-refractivity contribution is 6.05. The molecule has 8 nitrogen and oxygen atoms in total.